The highest BCUT2D eigenvalue weighted by Gasteiger charge is 2.05. The van der Waals surface area contributed by atoms with Gasteiger partial charge in [-0.15, -0.1) is 0 Å². The summed E-state index contributed by atoms with van der Waals surface area (Å²) >= 11 is 0. The van der Waals surface area contributed by atoms with Gasteiger partial charge in [0.1, 0.15) is 17.5 Å². The Hall–Kier alpha value is -2.37. The average Bonchev–Trinajstić information content (AvgIpc) is 2.32. The smallest absolute Gasteiger partial charge is 0.223 e. The highest BCUT2D eigenvalue weighted by atomic mass is 19.1. The number of benzene rings is 1. The van der Waals surface area contributed by atoms with Gasteiger partial charge in [0.25, 0.3) is 0 Å². The molecule has 19 heavy (non-hydrogen) atoms. The van der Waals surface area contributed by atoms with E-state index >= 15 is 0 Å². The van der Waals surface area contributed by atoms with Gasteiger partial charge >= 0.3 is 0 Å². The molecule has 0 unspecified atom stereocenters. The zero-order valence-electron chi connectivity index (χ0n) is 10.9. The van der Waals surface area contributed by atoms with Crippen LogP contribution in [-0.2, 0) is 6.54 Å². The van der Waals surface area contributed by atoms with E-state index in [1.165, 1.54) is 0 Å². The summed E-state index contributed by atoms with van der Waals surface area (Å²) in [6.07, 6.45) is 0. The molecule has 0 saturated heterocycles. The van der Waals surface area contributed by atoms with Gasteiger partial charge in [0, 0.05) is 12.6 Å². The van der Waals surface area contributed by atoms with E-state index in [-0.39, 0.29) is 11.8 Å². The molecule has 5 nitrogen and oxygen atoms in total. The fourth-order valence-corrected chi connectivity index (χ4v) is 1.91. The van der Waals surface area contributed by atoms with Gasteiger partial charge in [0.05, 0.1) is 0 Å². The molecule has 5 N–H and O–H groups in total. The van der Waals surface area contributed by atoms with Gasteiger partial charge in [-0.3, -0.25) is 0 Å². The second kappa shape index (κ2) is 5.09. The molecule has 1 aromatic carbocycles. The summed E-state index contributed by atoms with van der Waals surface area (Å²) in [6.45, 7) is 4.00. The Bertz CT molecular complexity index is 569. The molecule has 0 aliphatic rings. The third kappa shape index (κ3) is 3.09. The summed E-state index contributed by atoms with van der Waals surface area (Å²) in [5.74, 6) is 0.805. The highest BCUT2D eigenvalue weighted by Crippen LogP contribution is 2.16. The number of anilines is 3. The van der Waals surface area contributed by atoms with Crippen LogP contribution in [0, 0.1) is 19.7 Å². The van der Waals surface area contributed by atoms with Gasteiger partial charge in [-0.25, -0.2) is 4.39 Å². The molecule has 0 saturated carbocycles. The third-order valence-corrected chi connectivity index (χ3v) is 2.73. The summed E-state index contributed by atoms with van der Waals surface area (Å²) in [6, 6.07) is 5.19. The number of hydrogen-bond acceptors (Lipinski definition) is 5. The van der Waals surface area contributed by atoms with Crippen molar-refractivity contribution in [3.63, 3.8) is 0 Å². The molecule has 2 rings (SSSR count). The van der Waals surface area contributed by atoms with E-state index in [1.807, 2.05) is 0 Å². The van der Waals surface area contributed by atoms with E-state index in [2.05, 4.69) is 15.3 Å². The lowest BCUT2D eigenvalue weighted by Crippen LogP contribution is -2.06. The molecule has 2 aromatic rings. The van der Waals surface area contributed by atoms with Gasteiger partial charge in [-0.1, -0.05) is 12.1 Å². The third-order valence-electron chi connectivity index (χ3n) is 2.73. The first kappa shape index (κ1) is 13.1. The number of rotatable bonds is 3. The first-order valence-electron chi connectivity index (χ1n) is 5.85. The van der Waals surface area contributed by atoms with Gasteiger partial charge in [-0.05, 0) is 30.5 Å². The van der Waals surface area contributed by atoms with Gasteiger partial charge < -0.3 is 16.8 Å². The van der Waals surface area contributed by atoms with Crippen LogP contribution in [0.25, 0.3) is 0 Å². The second-order valence-corrected chi connectivity index (χ2v) is 4.43. The predicted molar refractivity (Wildman–Crippen MR) is 74.1 cm³/mol. The van der Waals surface area contributed by atoms with Crippen molar-refractivity contribution in [2.75, 3.05) is 16.8 Å². The Morgan fingerprint density at radius 1 is 1.11 bits per heavy atom. The number of hydrogen-bond donors (Lipinski definition) is 3. The van der Waals surface area contributed by atoms with Gasteiger partial charge in [0.15, 0.2) is 0 Å². The number of nitrogens with two attached hydrogens (primary N) is 2. The maximum absolute atomic E-state index is 13.5. The molecule has 0 spiro atoms. The largest absolute Gasteiger partial charge is 0.383 e. The standard InChI is InChI=1S/C13H16FN5/c1-7-3-9(4-8(2)12(7)14)6-17-11-5-10(15)18-13(16)19-11/h3-5H,6H2,1-2H3,(H5,15,16,17,18,19). The summed E-state index contributed by atoms with van der Waals surface area (Å²) in [4.78, 5) is 7.80. The van der Waals surface area contributed by atoms with Crippen LogP contribution in [-0.4, -0.2) is 9.97 Å². The molecule has 0 amide bonds. The summed E-state index contributed by atoms with van der Waals surface area (Å²) in [5, 5.41) is 3.08. The maximum Gasteiger partial charge on any atom is 0.223 e. The van der Waals surface area contributed by atoms with Crippen molar-refractivity contribution in [2.45, 2.75) is 20.4 Å². The van der Waals surface area contributed by atoms with Crippen LogP contribution in [0.1, 0.15) is 16.7 Å². The first-order chi connectivity index (χ1) is 8.95. The lowest BCUT2D eigenvalue weighted by atomic mass is 10.1. The summed E-state index contributed by atoms with van der Waals surface area (Å²) < 4.78 is 13.5. The lowest BCUT2D eigenvalue weighted by molar-refractivity contribution is 0.608. The van der Waals surface area contributed by atoms with E-state index in [9.17, 15) is 4.39 Å². The van der Waals surface area contributed by atoms with E-state index in [0.717, 1.165) is 5.56 Å². The fraction of sp³-hybridized carbons (Fsp3) is 0.231. The molecule has 0 atom stereocenters. The van der Waals surface area contributed by atoms with Crippen molar-refractivity contribution in [1.29, 1.82) is 0 Å². The van der Waals surface area contributed by atoms with Crippen LogP contribution < -0.4 is 16.8 Å². The number of nitrogens with one attached hydrogen (secondary N) is 1. The van der Waals surface area contributed by atoms with Crippen LogP contribution in [0.15, 0.2) is 18.2 Å². The molecule has 6 heteroatoms. The summed E-state index contributed by atoms with van der Waals surface area (Å²) in [5.41, 5.74) is 13.3. The topological polar surface area (TPSA) is 89.8 Å². The second-order valence-electron chi connectivity index (χ2n) is 4.43. The normalized spacial score (nSPS) is 10.5. The number of nitrogen functional groups attached to an aromatic ring is 2. The van der Waals surface area contributed by atoms with Crippen molar-refractivity contribution < 1.29 is 4.39 Å². The molecule has 100 valence electrons. The van der Waals surface area contributed by atoms with Crippen LogP contribution in [0.3, 0.4) is 0 Å². The Labute approximate surface area is 110 Å². The van der Waals surface area contributed by atoms with Crippen molar-refractivity contribution in [1.82, 2.24) is 9.97 Å². The Kier molecular flexibility index (Phi) is 3.50. The molecule has 0 radical (unpaired) electrons. The molecular weight excluding hydrogens is 245 g/mol. The molecule has 0 aliphatic heterocycles. The number of aryl methyl sites for hydroxylation is 2. The minimum Gasteiger partial charge on any atom is -0.383 e. The average molecular weight is 261 g/mol. The lowest BCUT2D eigenvalue weighted by Gasteiger charge is -2.09. The molecule has 1 heterocycles. The van der Waals surface area contributed by atoms with Gasteiger partial charge in [0.2, 0.25) is 5.95 Å². The molecule has 0 aliphatic carbocycles. The van der Waals surface area contributed by atoms with Crippen LogP contribution in [0.2, 0.25) is 0 Å². The van der Waals surface area contributed by atoms with Crippen LogP contribution in [0.5, 0.6) is 0 Å². The van der Waals surface area contributed by atoms with Crippen LogP contribution >= 0.6 is 0 Å². The van der Waals surface area contributed by atoms with E-state index in [1.54, 1.807) is 32.0 Å². The maximum atomic E-state index is 13.5. The SMILES string of the molecule is Cc1cc(CNc2cc(N)nc(N)n2)cc(C)c1F. The number of halogens is 1. The van der Waals surface area contributed by atoms with Crippen molar-refractivity contribution >= 4 is 17.6 Å². The summed E-state index contributed by atoms with van der Waals surface area (Å²) in [7, 11) is 0. The van der Waals surface area contributed by atoms with Crippen molar-refractivity contribution in [3.8, 4) is 0 Å². The quantitative estimate of drug-likeness (QED) is 0.786. The van der Waals surface area contributed by atoms with Crippen molar-refractivity contribution in [3.05, 3.63) is 40.7 Å². The monoisotopic (exact) mass is 261 g/mol. The zero-order valence-corrected chi connectivity index (χ0v) is 10.9. The Morgan fingerprint density at radius 3 is 2.32 bits per heavy atom. The fourth-order valence-electron chi connectivity index (χ4n) is 1.91. The van der Waals surface area contributed by atoms with E-state index in [4.69, 9.17) is 11.5 Å². The molecular formula is C13H16FN5. The van der Waals surface area contributed by atoms with E-state index in [0.29, 0.717) is 29.3 Å². The van der Waals surface area contributed by atoms with E-state index < -0.39 is 0 Å². The van der Waals surface area contributed by atoms with Crippen molar-refractivity contribution in [2.24, 2.45) is 0 Å². The number of nitrogens with zero attached hydrogens (tertiary/aromatic N) is 2. The number of aromatic nitrogens is 2. The molecule has 1 aromatic heterocycles. The molecule has 0 fully saturated rings. The Balaban J connectivity index is 2.14. The molecule has 0 bridgehead atoms. The Morgan fingerprint density at radius 2 is 1.74 bits per heavy atom. The minimum absolute atomic E-state index is 0.119. The van der Waals surface area contributed by atoms with Crippen LogP contribution in [0.4, 0.5) is 22.0 Å². The highest BCUT2D eigenvalue weighted by molar-refractivity contribution is 5.48. The van der Waals surface area contributed by atoms with Gasteiger partial charge in [-0.2, -0.15) is 9.97 Å². The predicted octanol–water partition coefficient (Wildman–Crippen LogP) is 2.01. The minimum atomic E-state index is -0.167. The zero-order chi connectivity index (χ0) is 14.0. The first-order valence-corrected chi connectivity index (χ1v) is 5.85.